The SMILES string of the molecule is Cc1nn(C)c(C)c1NC(=O)CSc1nnc(-c2cccs2)n1C1CC1. The summed E-state index contributed by atoms with van der Waals surface area (Å²) in [6.07, 6.45) is 2.29. The Hall–Kier alpha value is -2.13. The number of nitrogens with zero attached hydrogens (tertiary/aromatic N) is 5. The summed E-state index contributed by atoms with van der Waals surface area (Å²) in [5, 5.41) is 18.9. The van der Waals surface area contributed by atoms with Gasteiger partial charge in [0.2, 0.25) is 5.91 Å². The number of amides is 1. The molecule has 0 radical (unpaired) electrons. The molecule has 0 saturated heterocycles. The maximum absolute atomic E-state index is 12.4. The van der Waals surface area contributed by atoms with Crippen LogP contribution < -0.4 is 5.32 Å². The summed E-state index contributed by atoms with van der Waals surface area (Å²) in [4.78, 5) is 13.5. The number of carbonyl (C=O) groups excluding carboxylic acids is 1. The number of carbonyl (C=O) groups is 1. The lowest BCUT2D eigenvalue weighted by Gasteiger charge is -2.08. The number of thiophene rings is 1. The monoisotopic (exact) mass is 388 g/mol. The van der Waals surface area contributed by atoms with Crippen LogP contribution in [0, 0.1) is 13.8 Å². The number of hydrogen-bond donors (Lipinski definition) is 1. The van der Waals surface area contributed by atoms with Crippen LogP contribution >= 0.6 is 23.1 Å². The third-order valence-corrected chi connectivity index (χ3v) is 6.23. The Morgan fingerprint density at radius 3 is 2.81 bits per heavy atom. The van der Waals surface area contributed by atoms with Crippen LogP contribution in [0.1, 0.15) is 30.3 Å². The van der Waals surface area contributed by atoms with Crippen LogP contribution in [0.15, 0.2) is 22.7 Å². The molecule has 9 heteroatoms. The van der Waals surface area contributed by atoms with Gasteiger partial charge >= 0.3 is 0 Å². The zero-order valence-electron chi connectivity index (χ0n) is 14.9. The van der Waals surface area contributed by atoms with Crippen molar-refractivity contribution in [2.75, 3.05) is 11.1 Å². The molecule has 0 atom stereocenters. The van der Waals surface area contributed by atoms with E-state index in [0.717, 1.165) is 45.8 Å². The van der Waals surface area contributed by atoms with Gasteiger partial charge in [-0.1, -0.05) is 17.8 Å². The van der Waals surface area contributed by atoms with E-state index in [1.54, 1.807) is 16.0 Å². The van der Waals surface area contributed by atoms with Gasteiger partial charge in [-0.25, -0.2) is 0 Å². The topological polar surface area (TPSA) is 77.6 Å². The lowest BCUT2D eigenvalue weighted by molar-refractivity contribution is -0.113. The van der Waals surface area contributed by atoms with Gasteiger partial charge in [0.15, 0.2) is 11.0 Å². The number of anilines is 1. The van der Waals surface area contributed by atoms with Gasteiger partial charge in [0, 0.05) is 13.1 Å². The second-order valence-electron chi connectivity index (χ2n) is 6.39. The van der Waals surface area contributed by atoms with Crippen LogP contribution in [0.4, 0.5) is 5.69 Å². The smallest absolute Gasteiger partial charge is 0.234 e. The van der Waals surface area contributed by atoms with Crippen molar-refractivity contribution in [1.82, 2.24) is 24.5 Å². The van der Waals surface area contributed by atoms with Crippen LogP contribution in [0.2, 0.25) is 0 Å². The molecule has 1 aliphatic carbocycles. The molecular weight excluding hydrogens is 368 g/mol. The van der Waals surface area contributed by atoms with Crippen LogP contribution in [0.5, 0.6) is 0 Å². The van der Waals surface area contributed by atoms with Crippen molar-refractivity contribution in [3.05, 3.63) is 28.9 Å². The standard InChI is InChI=1S/C17H20N6OS2/c1-10-15(11(2)22(3)21-10)18-14(24)9-26-17-20-19-16(13-5-4-8-25-13)23(17)12-6-7-12/h4-5,8,12H,6-7,9H2,1-3H3,(H,18,24). The van der Waals surface area contributed by atoms with E-state index in [9.17, 15) is 4.79 Å². The van der Waals surface area contributed by atoms with Crippen LogP contribution in [-0.2, 0) is 11.8 Å². The zero-order valence-corrected chi connectivity index (χ0v) is 16.5. The molecule has 1 aliphatic rings. The third-order valence-electron chi connectivity index (χ3n) is 4.42. The molecule has 3 heterocycles. The van der Waals surface area contributed by atoms with E-state index < -0.39 is 0 Å². The minimum atomic E-state index is -0.0581. The van der Waals surface area contributed by atoms with Crippen molar-refractivity contribution < 1.29 is 4.79 Å². The van der Waals surface area contributed by atoms with E-state index in [1.165, 1.54) is 11.8 Å². The predicted molar refractivity (Wildman–Crippen MR) is 104 cm³/mol. The first-order valence-electron chi connectivity index (χ1n) is 8.46. The highest BCUT2D eigenvalue weighted by atomic mass is 32.2. The molecule has 7 nitrogen and oxygen atoms in total. The largest absolute Gasteiger partial charge is 0.322 e. The number of rotatable bonds is 6. The van der Waals surface area contributed by atoms with Gasteiger partial charge in [0.1, 0.15) is 0 Å². The van der Waals surface area contributed by atoms with Crippen molar-refractivity contribution in [2.45, 2.75) is 37.9 Å². The highest BCUT2D eigenvalue weighted by Gasteiger charge is 2.30. The van der Waals surface area contributed by atoms with Crippen LogP contribution in [-0.4, -0.2) is 36.2 Å². The van der Waals surface area contributed by atoms with Gasteiger partial charge in [-0.2, -0.15) is 5.10 Å². The quantitative estimate of drug-likeness (QED) is 0.655. The van der Waals surface area contributed by atoms with Crippen molar-refractivity contribution in [1.29, 1.82) is 0 Å². The molecule has 1 saturated carbocycles. The molecule has 26 heavy (non-hydrogen) atoms. The van der Waals surface area contributed by atoms with Gasteiger partial charge in [-0.3, -0.25) is 14.0 Å². The maximum atomic E-state index is 12.4. The molecule has 3 aromatic heterocycles. The Balaban J connectivity index is 1.47. The predicted octanol–water partition coefficient (Wildman–Crippen LogP) is 3.42. The number of aryl methyl sites for hydroxylation is 2. The number of hydrogen-bond acceptors (Lipinski definition) is 6. The third kappa shape index (κ3) is 3.28. The molecule has 1 fully saturated rings. The Labute approximate surface area is 159 Å². The van der Waals surface area contributed by atoms with E-state index in [0.29, 0.717) is 11.8 Å². The molecule has 1 N–H and O–H groups in total. The summed E-state index contributed by atoms with van der Waals surface area (Å²) in [6.45, 7) is 3.84. The average molecular weight is 389 g/mol. The molecule has 136 valence electrons. The molecule has 0 bridgehead atoms. The van der Waals surface area contributed by atoms with Crippen molar-refractivity contribution in [2.24, 2.45) is 7.05 Å². The Morgan fingerprint density at radius 1 is 1.38 bits per heavy atom. The molecule has 3 aromatic rings. The summed E-state index contributed by atoms with van der Waals surface area (Å²) < 4.78 is 3.96. The zero-order chi connectivity index (χ0) is 18.3. The molecule has 4 rings (SSSR count). The van der Waals surface area contributed by atoms with Crippen LogP contribution in [0.3, 0.4) is 0 Å². The van der Waals surface area contributed by atoms with Gasteiger partial charge in [-0.05, 0) is 38.1 Å². The summed E-state index contributed by atoms with van der Waals surface area (Å²) in [6, 6.07) is 4.53. The van der Waals surface area contributed by atoms with E-state index in [2.05, 4.69) is 31.2 Å². The molecular formula is C17H20N6OS2. The fourth-order valence-electron chi connectivity index (χ4n) is 2.87. The molecule has 0 aromatic carbocycles. The summed E-state index contributed by atoms with van der Waals surface area (Å²) in [5.74, 6) is 1.14. The Kier molecular flexibility index (Phi) is 4.58. The first kappa shape index (κ1) is 17.3. The second kappa shape index (κ2) is 6.88. The first-order valence-corrected chi connectivity index (χ1v) is 10.3. The van der Waals surface area contributed by atoms with Gasteiger partial charge in [0.05, 0.1) is 27.7 Å². The summed E-state index contributed by atoms with van der Waals surface area (Å²) in [5.41, 5.74) is 2.56. The minimum absolute atomic E-state index is 0.0581. The number of aromatic nitrogens is 5. The van der Waals surface area contributed by atoms with Gasteiger partial charge < -0.3 is 5.32 Å². The molecule has 0 spiro atoms. The van der Waals surface area contributed by atoms with Crippen molar-refractivity contribution in [3.8, 4) is 10.7 Å². The maximum Gasteiger partial charge on any atom is 0.234 e. The molecule has 1 amide bonds. The van der Waals surface area contributed by atoms with Crippen LogP contribution in [0.25, 0.3) is 10.7 Å². The van der Waals surface area contributed by atoms with E-state index in [4.69, 9.17) is 0 Å². The van der Waals surface area contributed by atoms with Crippen molar-refractivity contribution in [3.63, 3.8) is 0 Å². The lowest BCUT2D eigenvalue weighted by Crippen LogP contribution is -2.15. The average Bonchev–Trinajstić information content (AvgIpc) is 3.05. The molecule has 0 unspecified atom stereocenters. The van der Waals surface area contributed by atoms with Gasteiger partial charge in [-0.15, -0.1) is 21.5 Å². The normalized spacial score (nSPS) is 14.0. The summed E-state index contributed by atoms with van der Waals surface area (Å²) >= 11 is 3.09. The van der Waals surface area contributed by atoms with E-state index in [-0.39, 0.29) is 5.91 Å². The number of nitrogens with one attached hydrogen (secondary N) is 1. The fourth-order valence-corrected chi connectivity index (χ4v) is 4.38. The second-order valence-corrected chi connectivity index (χ2v) is 8.28. The number of thioether (sulfide) groups is 1. The fraction of sp³-hybridized carbons (Fsp3) is 0.412. The van der Waals surface area contributed by atoms with E-state index >= 15 is 0 Å². The highest BCUT2D eigenvalue weighted by molar-refractivity contribution is 7.99. The highest BCUT2D eigenvalue weighted by Crippen LogP contribution is 2.41. The van der Waals surface area contributed by atoms with Gasteiger partial charge in [0.25, 0.3) is 0 Å². The van der Waals surface area contributed by atoms with E-state index in [1.807, 2.05) is 32.3 Å². The molecule has 0 aliphatic heterocycles. The first-order chi connectivity index (χ1) is 12.5. The minimum Gasteiger partial charge on any atom is -0.322 e. The van der Waals surface area contributed by atoms with Crippen molar-refractivity contribution >= 4 is 34.7 Å². The Morgan fingerprint density at radius 2 is 2.19 bits per heavy atom. The summed E-state index contributed by atoms with van der Waals surface area (Å²) in [7, 11) is 1.87. The lowest BCUT2D eigenvalue weighted by atomic mass is 10.3. The Bertz CT molecular complexity index is 939.